The lowest BCUT2D eigenvalue weighted by Gasteiger charge is -2.08. The molecule has 3 aromatic rings. The molecule has 2 heterocycles. The molecule has 106 valence electrons. The number of nitrogens with one attached hydrogen (secondary N) is 1. The largest absolute Gasteiger partial charge is 0.323 e. The molecule has 7 nitrogen and oxygen atoms in total. The van der Waals surface area contributed by atoms with Crippen LogP contribution in [0.4, 0.5) is 11.6 Å². The van der Waals surface area contributed by atoms with Gasteiger partial charge in [0.25, 0.3) is 5.95 Å². The molecule has 1 aromatic carbocycles. The van der Waals surface area contributed by atoms with Gasteiger partial charge in [0.1, 0.15) is 12.7 Å². The molecule has 0 amide bonds. The normalized spacial score (nSPS) is 10.6. The van der Waals surface area contributed by atoms with Crippen molar-refractivity contribution in [2.75, 3.05) is 5.32 Å². The summed E-state index contributed by atoms with van der Waals surface area (Å²) in [5.41, 5.74) is 1.73. The molecule has 0 saturated carbocycles. The number of nitrogens with zero attached hydrogens (tertiary/aromatic N) is 6. The molecule has 0 aliphatic rings. The van der Waals surface area contributed by atoms with Crippen LogP contribution in [0.3, 0.4) is 0 Å². The summed E-state index contributed by atoms with van der Waals surface area (Å²) in [6.07, 6.45) is 2.84. The number of aryl methyl sites for hydroxylation is 1. The highest BCUT2D eigenvalue weighted by Crippen LogP contribution is 2.25. The molecule has 1 N–H and O–H groups in total. The van der Waals surface area contributed by atoms with Gasteiger partial charge in [-0.15, -0.1) is 0 Å². The molecular weight excluding hydrogens is 313 g/mol. The molecule has 0 aliphatic heterocycles. The summed E-state index contributed by atoms with van der Waals surface area (Å²) in [6, 6.07) is 5.60. The fourth-order valence-corrected chi connectivity index (χ4v) is 2.09. The summed E-state index contributed by atoms with van der Waals surface area (Å²) < 4.78 is 1.38. The van der Waals surface area contributed by atoms with E-state index in [1.54, 1.807) is 0 Å². The molecule has 0 radical (unpaired) electrons. The average molecular weight is 322 g/mol. The molecule has 3 rings (SSSR count). The minimum Gasteiger partial charge on any atom is -0.323 e. The lowest BCUT2D eigenvalue weighted by molar-refractivity contribution is 0.796. The van der Waals surface area contributed by atoms with Crippen molar-refractivity contribution in [3.05, 3.63) is 46.7 Å². The highest BCUT2D eigenvalue weighted by molar-refractivity contribution is 6.33. The van der Waals surface area contributed by atoms with E-state index in [9.17, 15) is 0 Å². The number of aromatic nitrogens is 6. The Labute approximate surface area is 130 Å². The first-order valence-corrected chi connectivity index (χ1v) is 6.67. The molecule has 0 aliphatic carbocycles. The van der Waals surface area contributed by atoms with Gasteiger partial charge in [0.05, 0.1) is 10.7 Å². The first-order chi connectivity index (χ1) is 10.1. The van der Waals surface area contributed by atoms with Crippen LogP contribution in [0.2, 0.25) is 10.3 Å². The predicted molar refractivity (Wildman–Crippen MR) is 79.2 cm³/mol. The highest BCUT2D eigenvalue weighted by Gasteiger charge is 2.09. The van der Waals surface area contributed by atoms with E-state index < -0.39 is 0 Å². The first kappa shape index (κ1) is 13.7. The molecule has 9 heteroatoms. The Morgan fingerprint density at radius 2 is 2.00 bits per heavy atom. The van der Waals surface area contributed by atoms with Crippen molar-refractivity contribution < 1.29 is 0 Å². The van der Waals surface area contributed by atoms with Gasteiger partial charge in [-0.25, -0.2) is 4.98 Å². The fourth-order valence-electron chi connectivity index (χ4n) is 1.65. The maximum atomic E-state index is 6.16. The van der Waals surface area contributed by atoms with E-state index in [2.05, 4.69) is 30.4 Å². The second-order valence-electron chi connectivity index (χ2n) is 4.18. The molecule has 0 unspecified atom stereocenters. The molecular formula is C12H9Cl2N7. The van der Waals surface area contributed by atoms with E-state index in [1.165, 1.54) is 17.3 Å². The van der Waals surface area contributed by atoms with E-state index in [1.807, 2.05) is 25.1 Å². The van der Waals surface area contributed by atoms with Gasteiger partial charge in [-0.1, -0.05) is 17.7 Å². The molecule has 0 spiro atoms. The number of hydrogen-bond acceptors (Lipinski definition) is 6. The molecule has 0 saturated heterocycles. The van der Waals surface area contributed by atoms with Crippen LogP contribution in [-0.2, 0) is 0 Å². The minimum absolute atomic E-state index is 0.0428. The number of hydrogen-bond donors (Lipinski definition) is 1. The minimum atomic E-state index is 0.0428. The Morgan fingerprint density at radius 3 is 2.71 bits per heavy atom. The lowest BCUT2D eigenvalue weighted by atomic mass is 10.2. The Balaban J connectivity index is 1.95. The van der Waals surface area contributed by atoms with E-state index in [0.29, 0.717) is 10.7 Å². The molecule has 21 heavy (non-hydrogen) atoms. The van der Waals surface area contributed by atoms with Crippen LogP contribution in [0, 0.1) is 6.92 Å². The molecule has 0 fully saturated rings. The maximum absolute atomic E-state index is 6.16. The average Bonchev–Trinajstić information content (AvgIpc) is 2.95. The van der Waals surface area contributed by atoms with Crippen molar-refractivity contribution in [1.29, 1.82) is 0 Å². The van der Waals surface area contributed by atoms with Gasteiger partial charge in [0, 0.05) is 0 Å². The zero-order valence-corrected chi connectivity index (χ0v) is 12.3. The fraction of sp³-hybridized carbons (Fsp3) is 0.0833. The predicted octanol–water partition coefficient (Wildman–Crippen LogP) is 2.81. The Bertz CT molecular complexity index is 773. The number of anilines is 2. The highest BCUT2D eigenvalue weighted by atomic mass is 35.5. The van der Waals surface area contributed by atoms with Crippen LogP contribution in [0.25, 0.3) is 5.95 Å². The zero-order valence-electron chi connectivity index (χ0n) is 10.8. The molecule has 0 bridgehead atoms. The van der Waals surface area contributed by atoms with Crippen LogP contribution >= 0.6 is 23.2 Å². The van der Waals surface area contributed by atoms with Gasteiger partial charge in [-0.2, -0.15) is 24.7 Å². The van der Waals surface area contributed by atoms with Crippen LogP contribution in [0.15, 0.2) is 30.9 Å². The third-order valence-electron chi connectivity index (χ3n) is 2.59. The number of rotatable bonds is 3. The number of benzene rings is 1. The Hall–Kier alpha value is -2.25. The summed E-state index contributed by atoms with van der Waals surface area (Å²) in [5, 5.41) is 7.55. The summed E-state index contributed by atoms with van der Waals surface area (Å²) in [7, 11) is 0. The molecule has 2 aromatic heterocycles. The topological polar surface area (TPSA) is 81.4 Å². The van der Waals surface area contributed by atoms with E-state index >= 15 is 0 Å². The van der Waals surface area contributed by atoms with E-state index in [4.69, 9.17) is 23.2 Å². The molecule has 0 atom stereocenters. The Morgan fingerprint density at radius 1 is 1.14 bits per heavy atom. The third-order valence-corrected chi connectivity index (χ3v) is 3.07. The van der Waals surface area contributed by atoms with Crippen LogP contribution < -0.4 is 5.32 Å². The second-order valence-corrected chi connectivity index (χ2v) is 4.92. The third kappa shape index (κ3) is 3.09. The van der Waals surface area contributed by atoms with Gasteiger partial charge in [0.15, 0.2) is 0 Å². The van der Waals surface area contributed by atoms with E-state index in [-0.39, 0.29) is 17.2 Å². The second kappa shape index (κ2) is 5.63. The van der Waals surface area contributed by atoms with Gasteiger partial charge in [-0.05, 0) is 36.2 Å². The number of halogens is 2. The standard InChI is InChI=1S/C12H9Cl2N7/c1-7-2-3-9(8(13)4-7)17-11-18-10(14)19-12(20-11)21-6-15-5-16-21/h2-6H,1H3,(H,17,18,19,20). The summed E-state index contributed by atoms with van der Waals surface area (Å²) in [4.78, 5) is 16.1. The quantitative estimate of drug-likeness (QED) is 0.798. The summed E-state index contributed by atoms with van der Waals surface area (Å²) >= 11 is 12.1. The summed E-state index contributed by atoms with van der Waals surface area (Å²) in [5.74, 6) is 0.532. The van der Waals surface area contributed by atoms with Crippen LogP contribution in [0.5, 0.6) is 0 Å². The van der Waals surface area contributed by atoms with Gasteiger partial charge in [0.2, 0.25) is 11.2 Å². The first-order valence-electron chi connectivity index (χ1n) is 5.91. The van der Waals surface area contributed by atoms with Crippen molar-refractivity contribution in [2.45, 2.75) is 6.92 Å². The SMILES string of the molecule is Cc1ccc(Nc2nc(Cl)nc(-n3cncn3)n2)c(Cl)c1. The van der Waals surface area contributed by atoms with Crippen molar-refractivity contribution in [1.82, 2.24) is 29.7 Å². The van der Waals surface area contributed by atoms with Crippen molar-refractivity contribution in [3.8, 4) is 5.95 Å². The smallest absolute Gasteiger partial charge is 0.258 e. The van der Waals surface area contributed by atoms with Gasteiger partial charge in [-0.3, -0.25) is 0 Å². The lowest BCUT2D eigenvalue weighted by Crippen LogP contribution is -2.07. The van der Waals surface area contributed by atoms with E-state index in [0.717, 1.165) is 5.56 Å². The van der Waals surface area contributed by atoms with Crippen molar-refractivity contribution in [2.24, 2.45) is 0 Å². The van der Waals surface area contributed by atoms with Crippen molar-refractivity contribution >= 4 is 34.8 Å². The van der Waals surface area contributed by atoms with Crippen LogP contribution in [-0.4, -0.2) is 29.7 Å². The Kier molecular flexibility index (Phi) is 3.68. The zero-order chi connectivity index (χ0) is 14.8. The van der Waals surface area contributed by atoms with Crippen molar-refractivity contribution in [3.63, 3.8) is 0 Å². The van der Waals surface area contributed by atoms with Gasteiger partial charge < -0.3 is 5.32 Å². The maximum Gasteiger partial charge on any atom is 0.258 e. The summed E-state index contributed by atoms with van der Waals surface area (Å²) in [6.45, 7) is 1.96. The monoisotopic (exact) mass is 321 g/mol. The van der Waals surface area contributed by atoms with Crippen LogP contribution in [0.1, 0.15) is 5.56 Å². The van der Waals surface area contributed by atoms with Gasteiger partial charge >= 0.3 is 0 Å².